The van der Waals surface area contributed by atoms with Crippen molar-refractivity contribution in [3.05, 3.63) is 53.3 Å². The fourth-order valence-corrected chi connectivity index (χ4v) is 1.71. The van der Waals surface area contributed by atoms with E-state index in [1.165, 1.54) is 30.3 Å². The first kappa shape index (κ1) is 13.4. The summed E-state index contributed by atoms with van der Waals surface area (Å²) in [5.74, 6) is -1.69. The zero-order valence-corrected chi connectivity index (χ0v) is 10.2. The molecule has 0 amide bonds. The summed E-state index contributed by atoms with van der Waals surface area (Å²) in [6.45, 7) is 0. The van der Waals surface area contributed by atoms with Crippen molar-refractivity contribution < 1.29 is 14.3 Å². The zero-order chi connectivity index (χ0) is 14.7. The van der Waals surface area contributed by atoms with Crippen LogP contribution in [0.2, 0.25) is 0 Å². The molecule has 0 saturated carbocycles. The molecular weight excluding hydrogens is 261 g/mol. The number of nitrogens with one attached hydrogen (secondary N) is 1. The van der Waals surface area contributed by atoms with Gasteiger partial charge in [0.2, 0.25) is 0 Å². The van der Waals surface area contributed by atoms with E-state index in [4.69, 9.17) is 16.1 Å². The maximum absolute atomic E-state index is 13.0. The molecule has 100 valence electrons. The molecule has 0 heterocycles. The van der Waals surface area contributed by atoms with Crippen LogP contribution < -0.4 is 11.1 Å². The number of benzene rings is 2. The number of nitriles is 1. The van der Waals surface area contributed by atoms with E-state index in [0.29, 0.717) is 11.4 Å². The number of nitrogens with zero attached hydrogens (tertiary/aromatic N) is 1. The lowest BCUT2D eigenvalue weighted by atomic mass is 10.1. The number of carboxylic acids is 1. The van der Waals surface area contributed by atoms with Gasteiger partial charge in [0.25, 0.3) is 0 Å². The second-order valence-electron chi connectivity index (χ2n) is 4.04. The van der Waals surface area contributed by atoms with Crippen molar-refractivity contribution >= 4 is 23.0 Å². The van der Waals surface area contributed by atoms with Gasteiger partial charge in [0, 0.05) is 5.69 Å². The van der Waals surface area contributed by atoms with E-state index >= 15 is 0 Å². The predicted octanol–water partition coefficient (Wildman–Crippen LogP) is 2.72. The molecule has 0 aliphatic rings. The van der Waals surface area contributed by atoms with Crippen LogP contribution in [0.15, 0.2) is 36.4 Å². The van der Waals surface area contributed by atoms with Gasteiger partial charge in [-0.25, -0.2) is 9.18 Å². The maximum Gasteiger partial charge on any atom is 0.337 e. The fraction of sp³-hybridized carbons (Fsp3) is 0. The third-order valence-corrected chi connectivity index (χ3v) is 2.65. The Morgan fingerprint density at radius 1 is 1.25 bits per heavy atom. The Balaban J connectivity index is 2.45. The van der Waals surface area contributed by atoms with Crippen LogP contribution in [-0.4, -0.2) is 11.1 Å². The van der Waals surface area contributed by atoms with E-state index in [0.717, 1.165) is 6.07 Å². The van der Waals surface area contributed by atoms with Gasteiger partial charge in [-0.2, -0.15) is 5.26 Å². The van der Waals surface area contributed by atoms with Crippen molar-refractivity contribution in [1.82, 2.24) is 0 Å². The summed E-state index contributed by atoms with van der Waals surface area (Å²) in [6.07, 6.45) is 0. The number of hydrogen-bond donors (Lipinski definition) is 3. The molecule has 6 heteroatoms. The van der Waals surface area contributed by atoms with E-state index in [1.54, 1.807) is 0 Å². The average molecular weight is 271 g/mol. The molecule has 0 spiro atoms. The number of halogens is 1. The molecule has 0 unspecified atom stereocenters. The molecule has 20 heavy (non-hydrogen) atoms. The van der Waals surface area contributed by atoms with Crippen molar-refractivity contribution in [2.45, 2.75) is 0 Å². The molecule has 2 aromatic rings. The Hall–Kier alpha value is -3.07. The molecule has 0 saturated heterocycles. The van der Waals surface area contributed by atoms with Gasteiger partial charge in [-0.05, 0) is 36.4 Å². The number of carboxylic acid groups (broad SMARTS) is 1. The van der Waals surface area contributed by atoms with Crippen LogP contribution in [0.25, 0.3) is 0 Å². The van der Waals surface area contributed by atoms with E-state index in [-0.39, 0.29) is 16.8 Å². The quantitative estimate of drug-likeness (QED) is 0.745. The Morgan fingerprint density at radius 3 is 2.60 bits per heavy atom. The van der Waals surface area contributed by atoms with Gasteiger partial charge in [-0.3, -0.25) is 0 Å². The summed E-state index contributed by atoms with van der Waals surface area (Å²) < 4.78 is 13.0. The van der Waals surface area contributed by atoms with Gasteiger partial charge in [-0.15, -0.1) is 0 Å². The van der Waals surface area contributed by atoms with Crippen LogP contribution in [0.4, 0.5) is 21.5 Å². The van der Waals surface area contributed by atoms with Gasteiger partial charge in [0.1, 0.15) is 11.9 Å². The van der Waals surface area contributed by atoms with Crippen LogP contribution in [0.3, 0.4) is 0 Å². The Morgan fingerprint density at radius 2 is 1.95 bits per heavy atom. The van der Waals surface area contributed by atoms with Crippen molar-refractivity contribution in [2.75, 3.05) is 11.1 Å². The number of nitrogens with two attached hydrogens (primary N) is 1. The van der Waals surface area contributed by atoms with Gasteiger partial charge < -0.3 is 16.2 Å². The van der Waals surface area contributed by atoms with Gasteiger partial charge in [0.05, 0.1) is 22.5 Å². The molecule has 0 aliphatic carbocycles. The molecule has 0 bridgehead atoms. The largest absolute Gasteiger partial charge is 0.478 e. The molecule has 0 radical (unpaired) electrons. The molecule has 4 N–H and O–H groups in total. The monoisotopic (exact) mass is 271 g/mol. The molecule has 0 aromatic heterocycles. The minimum absolute atomic E-state index is 0.0294. The van der Waals surface area contributed by atoms with Crippen molar-refractivity contribution in [2.24, 2.45) is 0 Å². The lowest BCUT2D eigenvalue weighted by Gasteiger charge is -2.11. The van der Waals surface area contributed by atoms with Crippen LogP contribution in [0, 0.1) is 17.1 Å². The molecule has 2 rings (SSSR count). The van der Waals surface area contributed by atoms with Gasteiger partial charge >= 0.3 is 5.97 Å². The summed E-state index contributed by atoms with van der Waals surface area (Å²) in [5.41, 5.74) is 6.50. The summed E-state index contributed by atoms with van der Waals surface area (Å²) in [4.78, 5) is 11.2. The number of carbonyl (C=O) groups is 1. The van der Waals surface area contributed by atoms with E-state index in [1.807, 2.05) is 6.07 Å². The Kier molecular flexibility index (Phi) is 3.53. The SMILES string of the molecule is N#Cc1cc(F)ccc1Nc1ccc(N)cc1C(=O)O. The topological polar surface area (TPSA) is 99.1 Å². The fourth-order valence-electron chi connectivity index (χ4n) is 1.71. The van der Waals surface area contributed by atoms with Gasteiger partial charge in [-0.1, -0.05) is 0 Å². The summed E-state index contributed by atoms with van der Waals surface area (Å²) in [7, 11) is 0. The minimum atomic E-state index is -1.15. The number of anilines is 3. The maximum atomic E-state index is 13.0. The molecule has 5 nitrogen and oxygen atoms in total. The Bertz CT molecular complexity index is 723. The second-order valence-corrected chi connectivity index (χ2v) is 4.04. The molecule has 2 aromatic carbocycles. The van der Waals surface area contributed by atoms with Gasteiger partial charge in [0.15, 0.2) is 0 Å². The van der Waals surface area contributed by atoms with Crippen LogP contribution >= 0.6 is 0 Å². The van der Waals surface area contributed by atoms with E-state index in [9.17, 15) is 9.18 Å². The number of aromatic carboxylic acids is 1. The zero-order valence-electron chi connectivity index (χ0n) is 10.2. The molecule has 0 aliphatic heterocycles. The van der Waals surface area contributed by atoms with Crippen LogP contribution in [0.5, 0.6) is 0 Å². The predicted molar refractivity (Wildman–Crippen MR) is 72.2 cm³/mol. The third-order valence-electron chi connectivity index (χ3n) is 2.65. The highest BCUT2D eigenvalue weighted by atomic mass is 19.1. The Labute approximate surface area is 114 Å². The number of nitrogen functional groups attached to an aromatic ring is 1. The summed E-state index contributed by atoms with van der Waals surface area (Å²) >= 11 is 0. The highest BCUT2D eigenvalue weighted by molar-refractivity contribution is 5.96. The lowest BCUT2D eigenvalue weighted by Crippen LogP contribution is -2.04. The van der Waals surface area contributed by atoms with Crippen molar-refractivity contribution in [1.29, 1.82) is 5.26 Å². The summed E-state index contributed by atoms with van der Waals surface area (Å²) in [6, 6.07) is 9.79. The highest BCUT2D eigenvalue weighted by Gasteiger charge is 2.12. The molecular formula is C14H10FN3O2. The first-order chi connectivity index (χ1) is 9.51. The first-order valence-electron chi connectivity index (χ1n) is 5.61. The smallest absolute Gasteiger partial charge is 0.337 e. The molecule has 0 atom stereocenters. The number of rotatable bonds is 3. The highest BCUT2D eigenvalue weighted by Crippen LogP contribution is 2.25. The van der Waals surface area contributed by atoms with E-state index < -0.39 is 11.8 Å². The first-order valence-corrected chi connectivity index (χ1v) is 5.61. The third kappa shape index (κ3) is 2.67. The van der Waals surface area contributed by atoms with Crippen LogP contribution in [-0.2, 0) is 0 Å². The van der Waals surface area contributed by atoms with Crippen molar-refractivity contribution in [3.63, 3.8) is 0 Å². The number of hydrogen-bond acceptors (Lipinski definition) is 4. The average Bonchev–Trinajstić information content (AvgIpc) is 2.42. The lowest BCUT2D eigenvalue weighted by molar-refractivity contribution is 0.0698. The van der Waals surface area contributed by atoms with E-state index in [2.05, 4.69) is 5.32 Å². The minimum Gasteiger partial charge on any atom is -0.478 e. The second kappa shape index (κ2) is 5.28. The molecule has 0 fully saturated rings. The normalized spacial score (nSPS) is 9.80. The standard InChI is InChI=1S/C14H10FN3O2/c15-9-1-3-12(8(5-9)7-16)18-13-4-2-10(17)6-11(13)14(19)20/h1-6,18H,17H2,(H,19,20). The van der Waals surface area contributed by atoms with Crippen LogP contribution in [0.1, 0.15) is 15.9 Å². The van der Waals surface area contributed by atoms with Crippen molar-refractivity contribution in [3.8, 4) is 6.07 Å². The summed E-state index contributed by atoms with van der Waals surface area (Å²) in [5, 5.41) is 20.9.